The second-order valence-corrected chi connectivity index (χ2v) is 6.81. The van der Waals surface area contributed by atoms with Gasteiger partial charge in [-0.2, -0.15) is 0 Å². The van der Waals surface area contributed by atoms with E-state index >= 15 is 0 Å². The van der Waals surface area contributed by atoms with Crippen LogP contribution in [0.2, 0.25) is 0 Å². The number of nitrogens with one attached hydrogen (secondary N) is 1. The van der Waals surface area contributed by atoms with Crippen LogP contribution in [0, 0.1) is 5.82 Å². The SMILES string of the molecule is Cl.Fc1ccccc1COc1ccc(Br)cc1CNCC1CCCO1. The third-order valence-corrected chi connectivity index (χ3v) is 4.57. The van der Waals surface area contributed by atoms with Gasteiger partial charge in [0.05, 0.1) is 6.10 Å². The minimum atomic E-state index is -0.243. The van der Waals surface area contributed by atoms with Gasteiger partial charge in [-0.05, 0) is 37.1 Å². The third-order valence-electron chi connectivity index (χ3n) is 4.07. The van der Waals surface area contributed by atoms with E-state index in [0.717, 1.165) is 41.8 Å². The lowest BCUT2D eigenvalue weighted by Crippen LogP contribution is -2.26. The lowest BCUT2D eigenvalue weighted by atomic mass is 10.2. The highest BCUT2D eigenvalue weighted by molar-refractivity contribution is 9.10. The molecule has 3 rings (SSSR count). The van der Waals surface area contributed by atoms with E-state index in [2.05, 4.69) is 21.2 Å². The Balaban J connectivity index is 0.00000225. The molecule has 0 spiro atoms. The second-order valence-electron chi connectivity index (χ2n) is 5.90. The van der Waals surface area contributed by atoms with Gasteiger partial charge in [0.15, 0.2) is 0 Å². The number of rotatable bonds is 7. The topological polar surface area (TPSA) is 30.5 Å². The molecule has 1 atom stereocenters. The Kier molecular flexibility index (Phi) is 8.16. The summed E-state index contributed by atoms with van der Waals surface area (Å²) in [6, 6.07) is 12.5. The summed E-state index contributed by atoms with van der Waals surface area (Å²) in [5.74, 6) is 0.522. The van der Waals surface area contributed by atoms with Crippen molar-refractivity contribution >= 4 is 28.3 Å². The van der Waals surface area contributed by atoms with Crippen molar-refractivity contribution in [3.63, 3.8) is 0 Å². The van der Waals surface area contributed by atoms with Gasteiger partial charge < -0.3 is 14.8 Å². The third kappa shape index (κ3) is 5.96. The fourth-order valence-corrected chi connectivity index (χ4v) is 3.18. The van der Waals surface area contributed by atoms with Crippen LogP contribution in [0.15, 0.2) is 46.9 Å². The second kappa shape index (κ2) is 10.1. The predicted octanol–water partition coefficient (Wildman–Crippen LogP) is 4.86. The molecule has 136 valence electrons. The Hall–Kier alpha value is -1.14. The molecule has 1 N–H and O–H groups in total. The molecule has 25 heavy (non-hydrogen) atoms. The molecule has 1 fully saturated rings. The first-order chi connectivity index (χ1) is 11.7. The zero-order valence-corrected chi connectivity index (χ0v) is 16.2. The van der Waals surface area contributed by atoms with Crippen LogP contribution in [0.1, 0.15) is 24.0 Å². The molecule has 0 bridgehead atoms. The maximum atomic E-state index is 13.7. The van der Waals surface area contributed by atoms with Crippen molar-refractivity contribution in [3.05, 3.63) is 63.9 Å². The lowest BCUT2D eigenvalue weighted by Gasteiger charge is -2.15. The fraction of sp³-hybridized carbons (Fsp3) is 0.368. The lowest BCUT2D eigenvalue weighted by molar-refractivity contribution is 0.110. The Morgan fingerprint density at radius 2 is 2.04 bits per heavy atom. The molecule has 0 aromatic heterocycles. The maximum Gasteiger partial charge on any atom is 0.129 e. The number of halogens is 3. The molecular formula is C19H22BrClFNO2. The first-order valence-corrected chi connectivity index (χ1v) is 8.98. The van der Waals surface area contributed by atoms with Gasteiger partial charge in [-0.25, -0.2) is 4.39 Å². The Morgan fingerprint density at radius 1 is 1.20 bits per heavy atom. The maximum absolute atomic E-state index is 13.7. The summed E-state index contributed by atoms with van der Waals surface area (Å²) in [5.41, 5.74) is 1.59. The predicted molar refractivity (Wildman–Crippen MR) is 103 cm³/mol. The summed E-state index contributed by atoms with van der Waals surface area (Å²) in [7, 11) is 0. The van der Waals surface area contributed by atoms with Crippen molar-refractivity contribution in [2.75, 3.05) is 13.2 Å². The van der Waals surface area contributed by atoms with Crippen molar-refractivity contribution in [2.45, 2.75) is 32.1 Å². The van der Waals surface area contributed by atoms with Crippen LogP contribution >= 0.6 is 28.3 Å². The van der Waals surface area contributed by atoms with Gasteiger partial charge in [0.25, 0.3) is 0 Å². The zero-order chi connectivity index (χ0) is 16.8. The van der Waals surface area contributed by atoms with E-state index in [-0.39, 0.29) is 24.8 Å². The Morgan fingerprint density at radius 3 is 2.80 bits per heavy atom. The molecular weight excluding hydrogens is 409 g/mol. The fourth-order valence-electron chi connectivity index (χ4n) is 2.77. The summed E-state index contributed by atoms with van der Waals surface area (Å²) in [4.78, 5) is 0. The normalized spacial score (nSPS) is 16.5. The van der Waals surface area contributed by atoms with Gasteiger partial charge >= 0.3 is 0 Å². The van der Waals surface area contributed by atoms with E-state index in [4.69, 9.17) is 9.47 Å². The number of hydrogen-bond acceptors (Lipinski definition) is 3. The van der Waals surface area contributed by atoms with Gasteiger partial charge in [-0.15, -0.1) is 12.4 Å². The van der Waals surface area contributed by atoms with Gasteiger partial charge in [-0.1, -0.05) is 34.1 Å². The van der Waals surface area contributed by atoms with Crippen LogP contribution in [0.25, 0.3) is 0 Å². The van der Waals surface area contributed by atoms with Gasteiger partial charge in [0.1, 0.15) is 18.2 Å². The summed E-state index contributed by atoms with van der Waals surface area (Å²) < 4.78 is 26.2. The van der Waals surface area contributed by atoms with Crippen molar-refractivity contribution in [1.29, 1.82) is 0 Å². The smallest absolute Gasteiger partial charge is 0.129 e. The molecule has 1 heterocycles. The molecule has 2 aromatic carbocycles. The van der Waals surface area contributed by atoms with E-state index in [0.29, 0.717) is 18.2 Å². The summed E-state index contributed by atoms with van der Waals surface area (Å²) in [6.45, 7) is 2.60. The number of ether oxygens (including phenoxy) is 2. The van der Waals surface area contributed by atoms with E-state index in [1.165, 1.54) is 6.07 Å². The largest absolute Gasteiger partial charge is 0.488 e. The van der Waals surface area contributed by atoms with Gasteiger partial charge in [0, 0.05) is 35.3 Å². The highest BCUT2D eigenvalue weighted by atomic mass is 79.9. The molecule has 0 radical (unpaired) electrons. The van der Waals surface area contributed by atoms with Gasteiger partial charge in [-0.3, -0.25) is 0 Å². The molecule has 1 aliphatic heterocycles. The minimum absolute atomic E-state index is 0. The van der Waals surface area contributed by atoms with Crippen molar-refractivity contribution in [1.82, 2.24) is 5.32 Å². The number of hydrogen-bond donors (Lipinski definition) is 1. The van der Waals surface area contributed by atoms with Crippen LogP contribution in [-0.2, 0) is 17.9 Å². The first-order valence-electron chi connectivity index (χ1n) is 8.19. The summed E-state index contributed by atoms with van der Waals surface area (Å²) in [5, 5.41) is 3.42. The average Bonchev–Trinajstić information content (AvgIpc) is 3.09. The Bertz CT molecular complexity index is 680. The molecule has 6 heteroatoms. The molecule has 1 aliphatic rings. The van der Waals surface area contributed by atoms with Crippen LogP contribution < -0.4 is 10.1 Å². The molecule has 0 amide bonds. The van der Waals surface area contributed by atoms with Crippen LogP contribution in [-0.4, -0.2) is 19.3 Å². The van der Waals surface area contributed by atoms with Crippen molar-refractivity contribution in [3.8, 4) is 5.75 Å². The molecule has 3 nitrogen and oxygen atoms in total. The Labute approximate surface area is 162 Å². The van der Waals surface area contributed by atoms with Crippen LogP contribution in [0.5, 0.6) is 5.75 Å². The highest BCUT2D eigenvalue weighted by Gasteiger charge is 2.15. The van der Waals surface area contributed by atoms with Crippen LogP contribution in [0.4, 0.5) is 4.39 Å². The summed E-state index contributed by atoms with van der Waals surface area (Å²) in [6.07, 6.45) is 2.56. The number of benzene rings is 2. The minimum Gasteiger partial charge on any atom is -0.488 e. The van der Waals surface area contributed by atoms with E-state index in [9.17, 15) is 4.39 Å². The highest BCUT2D eigenvalue weighted by Crippen LogP contribution is 2.24. The molecule has 0 aliphatic carbocycles. The molecule has 2 aromatic rings. The molecule has 1 unspecified atom stereocenters. The first kappa shape index (κ1) is 20.2. The van der Waals surface area contributed by atoms with Crippen molar-refractivity contribution < 1.29 is 13.9 Å². The van der Waals surface area contributed by atoms with Crippen LogP contribution in [0.3, 0.4) is 0 Å². The summed E-state index contributed by atoms with van der Waals surface area (Å²) >= 11 is 3.49. The van der Waals surface area contributed by atoms with E-state index in [1.54, 1.807) is 12.1 Å². The quantitative estimate of drug-likeness (QED) is 0.680. The van der Waals surface area contributed by atoms with E-state index < -0.39 is 0 Å². The van der Waals surface area contributed by atoms with Crippen molar-refractivity contribution in [2.24, 2.45) is 0 Å². The molecule has 0 saturated carbocycles. The van der Waals surface area contributed by atoms with Gasteiger partial charge in [0.2, 0.25) is 0 Å². The molecule has 1 saturated heterocycles. The monoisotopic (exact) mass is 429 g/mol. The van der Waals surface area contributed by atoms with E-state index in [1.807, 2.05) is 24.3 Å². The standard InChI is InChI=1S/C19H21BrFNO2.ClH/c20-16-7-8-19(24-13-14-4-1-2-6-18(14)21)15(10-16)11-22-12-17-5-3-9-23-17;/h1-2,4,6-8,10,17,22H,3,5,9,11-13H2;1H. The zero-order valence-electron chi connectivity index (χ0n) is 13.8. The average molecular weight is 431 g/mol.